The van der Waals surface area contributed by atoms with E-state index in [1.54, 1.807) is 6.07 Å². The Morgan fingerprint density at radius 1 is 1.20 bits per heavy atom. The predicted molar refractivity (Wildman–Crippen MR) is 94.7 cm³/mol. The predicted octanol–water partition coefficient (Wildman–Crippen LogP) is 2.55. The monoisotopic (exact) mass is 339 g/mol. The van der Waals surface area contributed by atoms with Crippen LogP contribution in [0.1, 0.15) is 39.3 Å². The Balaban J connectivity index is 1.62. The summed E-state index contributed by atoms with van der Waals surface area (Å²) >= 11 is 0. The van der Waals surface area contributed by atoms with Crippen LogP contribution in [0.3, 0.4) is 0 Å². The number of carbonyl (C=O) groups is 2. The quantitative estimate of drug-likeness (QED) is 0.877. The van der Waals surface area contributed by atoms with Crippen LogP contribution in [0.25, 0.3) is 0 Å². The molecule has 25 heavy (non-hydrogen) atoms. The van der Waals surface area contributed by atoms with E-state index in [2.05, 4.69) is 15.6 Å². The number of nitrogens with zero attached hydrogens (tertiary/aromatic N) is 1. The molecule has 6 heteroatoms. The van der Waals surface area contributed by atoms with Crippen LogP contribution in [0.15, 0.2) is 42.6 Å². The molecular formula is C19H21N3O3. The van der Waals surface area contributed by atoms with Crippen LogP contribution in [0.4, 0.5) is 5.69 Å². The van der Waals surface area contributed by atoms with Crippen molar-refractivity contribution < 1.29 is 14.3 Å². The number of ether oxygens (including phenoxy) is 1. The number of rotatable bonds is 5. The molecule has 0 spiro atoms. The van der Waals surface area contributed by atoms with E-state index in [0.717, 1.165) is 25.0 Å². The van der Waals surface area contributed by atoms with E-state index in [1.165, 1.54) is 12.3 Å². The van der Waals surface area contributed by atoms with Gasteiger partial charge in [-0.3, -0.25) is 14.6 Å². The van der Waals surface area contributed by atoms with Crippen LogP contribution in [-0.2, 0) is 4.74 Å². The van der Waals surface area contributed by atoms with Gasteiger partial charge in [-0.2, -0.15) is 0 Å². The van der Waals surface area contributed by atoms with Crippen LogP contribution in [0.2, 0.25) is 0 Å². The Labute approximate surface area is 146 Å². The van der Waals surface area contributed by atoms with Gasteiger partial charge in [0.1, 0.15) is 5.69 Å². The number of carbonyl (C=O) groups excluding carboxylic acids is 2. The van der Waals surface area contributed by atoms with Gasteiger partial charge in [0.25, 0.3) is 11.8 Å². The van der Waals surface area contributed by atoms with Crippen molar-refractivity contribution in [2.75, 3.05) is 18.5 Å². The highest BCUT2D eigenvalue weighted by Gasteiger charge is 2.18. The SMILES string of the molecule is Cc1ccc(NC(=O)c2ccnc(C(=O)NCC3CCCO3)c2)cc1. The van der Waals surface area contributed by atoms with Gasteiger partial charge in [0.05, 0.1) is 6.10 Å². The molecule has 0 aliphatic carbocycles. The summed E-state index contributed by atoms with van der Waals surface area (Å²) in [5.74, 6) is -0.583. The second-order valence-electron chi connectivity index (χ2n) is 6.09. The number of hydrogen-bond donors (Lipinski definition) is 2. The van der Waals surface area contributed by atoms with Crippen molar-refractivity contribution in [2.45, 2.75) is 25.9 Å². The maximum atomic E-state index is 12.4. The summed E-state index contributed by atoms with van der Waals surface area (Å²) in [6.07, 6.45) is 3.50. The Hall–Kier alpha value is -2.73. The van der Waals surface area contributed by atoms with Gasteiger partial charge < -0.3 is 15.4 Å². The lowest BCUT2D eigenvalue weighted by molar-refractivity contribution is 0.0853. The van der Waals surface area contributed by atoms with Gasteiger partial charge in [-0.1, -0.05) is 17.7 Å². The molecule has 1 aliphatic heterocycles. The zero-order chi connectivity index (χ0) is 17.6. The summed E-state index contributed by atoms with van der Waals surface area (Å²) < 4.78 is 5.48. The largest absolute Gasteiger partial charge is 0.376 e. The van der Waals surface area contributed by atoms with Crippen molar-refractivity contribution in [1.29, 1.82) is 0 Å². The second kappa shape index (κ2) is 7.90. The Morgan fingerprint density at radius 2 is 2.00 bits per heavy atom. The number of aromatic nitrogens is 1. The molecule has 0 bridgehead atoms. The molecule has 1 fully saturated rings. The van der Waals surface area contributed by atoms with E-state index in [9.17, 15) is 9.59 Å². The van der Waals surface area contributed by atoms with Gasteiger partial charge in [0, 0.05) is 30.6 Å². The molecule has 1 aromatic heterocycles. The molecule has 2 amide bonds. The molecule has 2 aromatic rings. The van der Waals surface area contributed by atoms with E-state index in [1.807, 2.05) is 31.2 Å². The fourth-order valence-corrected chi connectivity index (χ4v) is 2.64. The van der Waals surface area contributed by atoms with E-state index >= 15 is 0 Å². The molecule has 2 heterocycles. The van der Waals surface area contributed by atoms with Crippen molar-refractivity contribution in [3.8, 4) is 0 Å². The number of benzene rings is 1. The summed E-state index contributed by atoms with van der Waals surface area (Å²) in [7, 11) is 0. The summed E-state index contributed by atoms with van der Waals surface area (Å²) in [4.78, 5) is 28.6. The summed E-state index contributed by atoms with van der Waals surface area (Å²) in [5, 5.41) is 5.61. The fraction of sp³-hybridized carbons (Fsp3) is 0.316. The summed E-state index contributed by atoms with van der Waals surface area (Å²) in [6, 6.07) is 10.6. The van der Waals surface area contributed by atoms with Crippen LogP contribution in [-0.4, -0.2) is 36.1 Å². The van der Waals surface area contributed by atoms with Gasteiger partial charge in [-0.25, -0.2) is 0 Å². The summed E-state index contributed by atoms with van der Waals surface area (Å²) in [6.45, 7) is 3.18. The number of hydrogen-bond acceptors (Lipinski definition) is 4. The molecule has 1 atom stereocenters. The van der Waals surface area contributed by atoms with Crippen LogP contribution in [0.5, 0.6) is 0 Å². The topological polar surface area (TPSA) is 80.3 Å². The van der Waals surface area contributed by atoms with Crippen LogP contribution in [0, 0.1) is 6.92 Å². The number of amides is 2. The lowest BCUT2D eigenvalue weighted by Gasteiger charge is -2.11. The van der Waals surface area contributed by atoms with Crippen LogP contribution < -0.4 is 10.6 Å². The normalized spacial score (nSPS) is 16.4. The number of aryl methyl sites for hydroxylation is 1. The Morgan fingerprint density at radius 3 is 2.72 bits per heavy atom. The fourth-order valence-electron chi connectivity index (χ4n) is 2.64. The maximum Gasteiger partial charge on any atom is 0.269 e. The van der Waals surface area contributed by atoms with Crippen molar-refractivity contribution >= 4 is 17.5 Å². The molecule has 0 saturated carbocycles. The highest BCUT2D eigenvalue weighted by atomic mass is 16.5. The van der Waals surface area contributed by atoms with E-state index in [4.69, 9.17) is 4.74 Å². The maximum absolute atomic E-state index is 12.4. The smallest absolute Gasteiger partial charge is 0.269 e. The summed E-state index contributed by atoms with van der Waals surface area (Å²) in [5.41, 5.74) is 2.43. The Bertz CT molecular complexity index is 753. The molecule has 0 radical (unpaired) electrons. The van der Waals surface area contributed by atoms with Gasteiger partial charge in [-0.05, 0) is 44.0 Å². The standard InChI is InChI=1S/C19H21N3O3/c1-13-4-6-15(7-5-13)22-18(23)14-8-9-20-17(11-14)19(24)21-12-16-3-2-10-25-16/h4-9,11,16H,2-3,10,12H2,1H3,(H,21,24)(H,22,23). The highest BCUT2D eigenvalue weighted by molar-refractivity contribution is 6.05. The van der Waals surface area contributed by atoms with Gasteiger partial charge in [0.15, 0.2) is 0 Å². The average molecular weight is 339 g/mol. The average Bonchev–Trinajstić information content (AvgIpc) is 3.15. The molecule has 1 saturated heterocycles. The van der Waals surface area contributed by atoms with Gasteiger partial charge in [-0.15, -0.1) is 0 Å². The number of anilines is 1. The third kappa shape index (κ3) is 4.64. The first-order valence-electron chi connectivity index (χ1n) is 8.36. The zero-order valence-corrected chi connectivity index (χ0v) is 14.1. The van der Waals surface area contributed by atoms with Crippen molar-refractivity contribution in [2.24, 2.45) is 0 Å². The lowest BCUT2D eigenvalue weighted by Crippen LogP contribution is -2.32. The molecule has 6 nitrogen and oxygen atoms in total. The van der Waals surface area contributed by atoms with E-state index < -0.39 is 0 Å². The van der Waals surface area contributed by atoms with Gasteiger partial charge in [0.2, 0.25) is 0 Å². The molecule has 1 aromatic carbocycles. The number of pyridine rings is 1. The zero-order valence-electron chi connectivity index (χ0n) is 14.1. The minimum atomic E-state index is -0.305. The van der Waals surface area contributed by atoms with Crippen molar-refractivity contribution in [1.82, 2.24) is 10.3 Å². The molecule has 1 unspecified atom stereocenters. The first-order chi connectivity index (χ1) is 12.1. The van der Waals surface area contributed by atoms with Crippen molar-refractivity contribution in [3.05, 3.63) is 59.4 Å². The van der Waals surface area contributed by atoms with E-state index in [-0.39, 0.29) is 23.6 Å². The molecule has 2 N–H and O–H groups in total. The van der Waals surface area contributed by atoms with Crippen molar-refractivity contribution in [3.63, 3.8) is 0 Å². The van der Waals surface area contributed by atoms with Gasteiger partial charge >= 0.3 is 0 Å². The second-order valence-corrected chi connectivity index (χ2v) is 6.09. The highest BCUT2D eigenvalue weighted by Crippen LogP contribution is 2.12. The van der Waals surface area contributed by atoms with E-state index in [0.29, 0.717) is 17.8 Å². The minimum Gasteiger partial charge on any atom is -0.376 e. The first-order valence-corrected chi connectivity index (χ1v) is 8.36. The first kappa shape index (κ1) is 17.1. The Kier molecular flexibility index (Phi) is 5.40. The third-order valence-corrected chi connectivity index (χ3v) is 4.08. The van der Waals surface area contributed by atoms with Crippen LogP contribution >= 0.6 is 0 Å². The molecular weight excluding hydrogens is 318 g/mol. The molecule has 1 aliphatic rings. The number of nitrogens with one attached hydrogen (secondary N) is 2. The third-order valence-electron chi connectivity index (χ3n) is 4.08. The molecule has 3 rings (SSSR count). The lowest BCUT2D eigenvalue weighted by atomic mass is 10.2. The minimum absolute atomic E-state index is 0.0666. The molecule has 130 valence electrons.